The lowest BCUT2D eigenvalue weighted by atomic mass is 10.1. The summed E-state index contributed by atoms with van der Waals surface area (Å²) >= 11 is 1.51. The molecule has 6 heteroatoms. The zero-order chi connectivity index (χ0) is 17.2. The molecule has 3 aromatic heterocycles. The third kappa shape index (κ3) is 3.14. The molecular formula is C19H18N3O2S+. The summed E-state index contributed by atoms with van der Waals surface area (Å²) < 4.78 is 5.41. The first kappa shape index (κ1) is 15.8. The average Bonchev–Trinajstić information content (AvgIpc) is 3.30. The van der Waals surface area contributed by atoms with Gasteiger partial charge in [0, 0.05) is 10.9 Å². The number of nitrogens with two attached hydrogens (primary N) is 1. The van der Waals surface area contributed by atoms with Crippen molar-refractivity contribution in [3.8, 4) is 11.1 Å². The van der Waals surface area contributed by atoms with Crippen LogP contribution in [0.2, 0.25) is 0 Å². The minimum absolute atomic E-state index is 0.0841. The number of hydrogen-bond donors (Lipinski definition) is 2. The van der Waals surface area contributed by atoms with Gasteiger partial charge in [-0.2, -0.15) is 0 Å². The average molecular weight is 352 g/mol. The molecule has 25 heavy (non-hydrogen) atoms. The molecule has 4 rings (SSSR count). The Morgan fingerprint density at radius 3 is 2.84 bits per heavy atom. The molecule has 0 aliphatic carbocycles. The predicted molar refractivity (Wildman–Crippen MR) is 98.4 cm³/mol. The van der Waals surface area contributed by atoms with Gasteiger partial charge in [-0.05, 0) is 24.6 Å². The van der Waals surface area contributed by atoms with Crippen LogP contribution >= 0.6 is 11.3 Å². The largest absolute Gasteiger partial charge is 0.463 e. The third-order valence-electron chi connectivity index (χ3n) is 4.23. The summed E-state index contributed by atoms with van der Waals surface area (Å²) in [6.07, 6.45) is 1.67. The Bertz CT molecular complexity index is 1040. The highest BCUT2D eigenvalue weighted by molar-refractivity contribution is 7.17. The Morgan fingerprint density at radius 1 is 1.24 bits per heavy atom. The van der Waals surface area contributed by atoms with Crippen molar-refractivity contribution in [3.63, 3.8) is 0 Å². The molecule has 4 aromatic rings. The smallest absolute Gasteiger partial charge is 0.260 e. The van der Waals surface area contributed by atoms with Crippen LogP contribution in [0.15, 0.2) is 63.3 Å². The molecule has 0 bridgehead atoms. The molecule has 0 spiro atoms. The summed E-state index contributed by atoms with van der Waals surface area (Å²) in [6.45, 7) is 2.65. The number of furan rings is 1. The highest BCUT2D eigenvalue weighted by Crippen LogP contribution is 2.30. The zero-order valence-corrected chi connectivity index (χ0v) is 14.5. The molecule has 0 fully saturated rings. The van der Waals surface area contributed by atoms with Gasteiger partial charge in [0.25, 0.3) is 5.56 Å². The van der Waals surface area contributed by atoms with Gasteiger partial charge in [0.05, 0.1) is 11.6 Å². The second kappa shape index (κ2) is 6.66. The third-order valence-corrected chi connectivity index (χ3v) is 5.11. The van der Waals surface area contributed by atoms with Crippen LogP contribution < -0.4 is 10.9 Å². The fourth-order valence-electron chi connectivity index (χ4n) is 2.88. The standard InChI is InChI=1S/C19H17N3O2S/c1-12(15-8-5-9-24-15)20-10-16-21-18(23)17-14(11-25-19(17)22-16)13-6-3-2-4-7-13/h2-9,11-12,20H,10H2,1H3,(H,21,22,23)/p+1/t12-/m1/s1. The summed E-state index contributed by atoms with van der Waals surface area (Å²) in [5.74, 6) is 1.59. The number of nitrogens with zero attached hydrogens (tertiary/aromatic N) is 1. The summed E-state index contributed by atoms with van der Waals surface area (Å²) in [4.78, 5) is 20.9. The summed E-state index contributed by atoms with van der Waals surface area (Å²) in [6, 6.07) is 13.9. The lowest BCUT2D eigenvalue weighted by Crippen LogP contribution is -2.83. The number of hydrogen-bond acceptors (Lipinski definition) is 4. The Labute approximate surface area is 148 Å². The van der Waals surface area contributed by atoms with Crippen LogP contribution in [0.4, 0.5) is 0 Å². The fourth-order valence-corrected chi connectivity index (χ4v) is 3.84. The zero-order valence-electron chi connectivity index (χ0n) is 13.7. The number of fused-ring (bicyclic) bond motifs is 1. The molecule has 0 unspecified atom stereocenters. The van der Waals surface area contributed by atoms with Gasteiger partial charge < -0.3 is 14.7 Å². The van der Waals surface area contributed by atoms with Gasteiger partial charge >= 0.3 is 0 Å². The molecule has 126 valence electrons. The molecule has 0 radical (unpaired) electrons. The van der Waals surface area contributed by atoms with Crippen molar-refractivity contribution in [2.75, 3.05) is 0 Å². The summed E-state index contributed by atoms with van der Waals surface area (Å²) in [5, 5.41) is 4.76. The van der Waals surface area contributed by atoms with Gasteiger partial charge in [0.1, 0.15) is 17.4 Å². The summed E-state index contributed by atoms with van der Waals surface area (Å²) in [5.41, 5.74) is 1.89. The van der Waals surface area contributed by atoms with E-state index in [1.807, 2.05) is 47.8 Å². The van der Waals surface area contributed by atoms with Crippen LogP contribution in [0.25, 0.3) is 21.3 Å². The minimum atomic E-state index is -0.0841. The first-order chi connectivity index (χ1) is 12.2. The molecular weight excluding hydrogens is 334 g/mol. The number of aromatic amines is 1. The normalized spacial score (nSPS) is 12.5. The highest BCUT2D eigenvalue weighted by Gasteiger charge is 2.15. The molecule has 1 atom stereocenters. The molecule has 0 aliphatic rings. The number of aromatic nitrogens is 2. The maximum absolute atomic E-state index is 12.6. The van der Waals surface area contributed by atoms with E-state index in [1.165, 1.54) is 11.3 Å². The van der Waals surface area contributed by atoms with Crippen molar-refractivity contribution in [2.45, 2.75) is 19.5 Å². The lowest BCUT2D eigenvalue weighted by molar-refractivity contribution is -0.710. The monoisotopic (exact) mass is 352 g/mol. The molecule has 1 aromatic carbocycles. The van der Waals surface area contributed by atoms with Crippen LogP contribution in [-0.2, 0) is 6.54 Å². The Morgan fingerprint density at radius 2 is 2.08 bits per heavy atom. The van der Waals surface area contributed by atoms with Crippen LogP contribution in [0.1, 0.15) is 24.6 Å². The Kier molecular flexibility index (Phi) is 4.21. The van der Waals surface area contributed by atoms with E-state index < -0.39 is 0 Å². The van der Waals surface area contributed by atoms with Gasteiger partial charge in [-0.1, -0.05) is 30.3 Å². The maximum Gasteiger partial charge on any atom is 0.260 e. The van der Waals surface area contributed by atoms with E-state index in [0.717, 1.165) is 21.7 Å². The number of nitrogens with one attached hydrogen (secondary N) is 1. The molecule has 3 heterocycles. The van der Waals surface area contributed by atoms with Gasteiger partial charge in [-0.3, -0.25) is 4.79 Å². The van der Waals surface area contributed by atoms with Crippen molar-refractivity contribution in [3.05, 3.63) is 76.0 Å². The van der Waals surface area contributed by atoms with Crippen molar-refractivity contribution >= 4 is 21.6 Å². The van der Waals surface area contributed by atoms with E-state index in [0.29, 0.717) is 17.8 Å². The first-order valence-corrected chi connectivity index (χ1v) is 9.03. The number of rotatable bonds is 5. The van der Waals surface area contributed by atoms with E-state index in [-0.39, 0.29) is 11.6 Å². The van der Waals surface area contributed by atoms with Gasteiger partial charge in [-0.15, -0.1) is 11.3 Å². The summed E-state index contributed by atoms with van der Waals surface area (Å²) in [7, 11) is 0. The number of benzene rings is 1. The molecule has 5 nitrogen and oxygen atoms in total. The molecule has 0 aliphatic heterocycles. The van der Waals surface area contributed by atoms with Crippen LogP contribution in [0.3, 0.4) is 0 Å². The van der Waals surface area contributed by atoms with E-state index in [1.54, 1.807) is 6.26 Å². The second-order valence-electron chi connectivity index (χ2n) is 5.95. The van der Waals surface area contributed by atoms with Crippen LogP contribution in [-0.4, -0.2) is 9.97 Å². The molecule has 0 amide bonds. The predicted octanol–water partition coefficient (Wildman–Crippen LogP) is 3.07. The van der Waals surface area contributed by atoms with Crippen LogP contribution in [0, 0.1) is 0 Å². The SMILES string of the molecule is C[C@@H]([NH2+]Cc1nc2scc(-c3ccccc3)c2c(=O)[nH]1)c1ccco1. The van der Waals surface area contributed by atoms with Crippen molar-refractivity contribution < 1.29 is 9.73 Å². The maximum atomic E-state index is 12.6. The van der Waals surface area contributed by atoms with Gasteiger partial charge in [-0.25, -0.2) is 4.98 Å². The fraction of sp³-hybridized carbons (Fsp3) is 0.158. The van der Waals surface area contributed by atoms with E-state index >= 15 is 0 Å². The quantitative estimate of drug-likeness (QED) is 0.580. The molecule has 3 N–H and O–H groups in total. The number of thiophene rings is 1. The lowest BCUT2D eigenvalue weighted by Gasteiger charge is -2.07. The Hall–Kier alpha value is -2.70. The van der Waals surface area contributed by atoms with E-state index in [2.05, 4.69) is 22.2 Å². The van der Waals surface area contributed by atoms with Crippen molar-refractivity contribution in [1.82, 2.24) is 9.97 Å². The second-order valence-corrected chi connectivity index (χ2v) is 6.81. The van der Waals surface area contributed by atoms with Gasteiger partial charge in [0.2, 0.25) is 0 Å². The van der Waals surface area contributed by atoms with Crippen molar-refractivity contribution in [2.24, 2.45) is 0 Å². The van der Waals surface area contributed by atoms with Gasteiger partial charge in [0.15, 0.2) is 11.6 Å². The Balaban J connectivity index is 1.62. The molecule has 0 saturated heterocycles. The number of H-pyrrole nitrogens is 1. The minimum Gasteiger partial charge on any atom is -0.463 e. The topological polar surface area (TPSA) is 75.5 Å². The highest BCUT2D eigenvalue weighted by atomic mass is 32.1. The van der Waals surface area contributed by atoms with E-state index in [4.69, 9.17) is 4.42 Å². The van der Waals surface area contributed by atoms with E-state index in [9.17, 15) is 4.79 Å². The first-order valence-electron chi connectivity index (χ1n) is 8.15. The molecule has 0 saturated carbocycles. The van der Waals surface area contributed by atoms with Crippen molar-refractivity contribution in [1.29, 1.82) is 0 Å². The van der Waals surface area contributed by atoms with Crippen LogP contribution in [0.5, 0.6) is 0 Å². The number of quaternary nitrogens is 1.